The van der Waals surface area contributed by atoms with E-state index in [1.54, 1.807) is 34.9 Å². The Balaban J connectivity index is 2.44. The molecular weight excluding hydrogens is 220 g/mol. The monoisotopic (exact) mass is 232 g/mol. The third-order valence-corrected chi connectivity index (χ3v) is 4.40. The van der Waals surface area contributed by atoms with Gasteiger partial charge in [0.25, 0.3) is 0 Å². The number of thioether (sulfide) groups is 2. The van der Waals surface area contributed by atoms with Gasteiger partial charge in [-0.1, -0.05) is 53.9 Å². The summed E-state index contributed by atoms with van der Waals surface area (Å²) in [4.78, 5) is 0. The van der Waals surface area contributed by atoms with E-state index in [0.29, 0.717) is 0 Å². The highest BCUT2D eigenvalue weighted by Crippen LogP contribution is 2.29. The first kappa shape index (κ1) is 11.1. The lowest BCUT2D eigenvalue weighted by Crippen LogP contribution is -1.78. The molecule has 0 saturated carbocycles. The maximum Gasteiger partial charge on any atom is 0.175 e. The van der Waals surface area contributed by atoms with Crippen LogP contribution in [0.3, 0.4) is 0 Å². The summed E-state index contributed by atoms with van der Waals surface area (Å²) in [7, 11) is 0. The third-order valence-electron chi connectivity index (χ3n) is 1.10. The van der Waals surface area contributed by atoms with Crippen LogP contribution in [0.5, 0.6) is 0 Å². The summed E-state index contributed by atoms with van der Waals surface area (Å²) in [6, 6.07) is 0. The van der Waals surface area contributed by atoms with Crippen LogP contribution in [0.1, 0.15) is 13.8 Å². The van der Waals surface area contributed by atoms with Gasteiger partial charge in [0.05, 0.1) is 0 Å². The van der Waals surface area contributed by atoms with Gasteiger partial charge in [-0.05, 0) is 12.7 Å². The highest BCUT2D eigenvalue weighted by molar-refractivity contribution is 8.03. The van der Waals surface area contributed by atoms with E-state index in [2.05, 4.69) is 23.7 Å². The van der Waals surface area contributed by atoms with Crippen molar-refractivity contribution in [2.75, 3.05) is 11.5 Å². The molecule has 1 heterocycles. The van der Waals surface area contributed by atoms with E-state index >= 15 is 0 Å². The van der Waals surface area contributed by atoms with Crippen LogP contribution < -0.4 is 0 Å². The molecule has 0 atom stereocenters. The van der Waals surface area contributed by atoms with Gasteiger partial charge in [0.2, 0.25) is 0 Å². The predicted octanol–water partition coefficient (Wildman–Crippen LogP) is 3.32. The normalized spacial score (nSPS) is 10.3. The molecule has 0 saturated heterocycles. The van der Waals surface area contributed by atoms with Gasteiger partial charge in [-0.2, -0.15) is 0 Å². The van der Waals surface area contributed by atoms with Gasteiger partial charge in [0, 0.05) is 5.75 Å². The topological polar surface area (TPSA) is 25.8 Å². The molecule has 0 radical (unpaired) electrons. The Morgan fingerprint density at radius 1 is 1.38 bits per heavy atom. The SMILES string of the molecule is C=C(C)CSc1nnc(SCC)s1. The van der Waals surface area contributed by atoms with Crippen molar-refractivity contribution in [2.24, 2.45) is 0 Å². The summed E-state index contributed by atoms with van der Waals surface area (Å²) >= 11 is 5.11. The molecule has 72 valence electrons. The third kappa shape index (κ3) is 4.15. The Bertz CT molecular complexity index is 283. The summed E-state index contributed by atoms with van der Waals surface area (Å²) in [6.07, 6.45) is 0. The lowest BCUT2D eigenvalue weighted by atomic mass is 10.4. The van der Waals surface area contributed by atoms with Crippen molar-refractivity contribution in [3.63, 3.8) is 0 Å². The molecular formula is C8H12N2S3. The zero-order valence-electron chi connectivity index (χ0n) is 7.74. The highest BCUT2D eigenvalue weighted by atomic mass is 32.2. The van der Waals surface area contributed by atoms with Gasteiger partial charge in [-0.15, -0.1) is 10.2 Å². The van der Waals surface area contributed by atoms with Crippen LogP contribution in [0.25, 0.3) is 0 Å². The zero-order valence-corrected chi connectivity index (χ0v) is 10.2. The van der Waals surface area contributed by atoms with E-state index in [0.717, 1.165) is 20.2 Å². The molecule has 2 nitrogen and oxygen atoms in total. The van der Waals surface area contributed by atoms with Crippen LogP contribution in [-0.4, -0.2) is 21.7 Å². The van der Waals surface area contributed by atoms with Crippen molar-refractivity contribution in [2.45, 2.75) is 22.5 Å². The number of aromatic nitrogens is 2. The number of nitrogens with zero attached hydrogens (tertiary/aromatic N) is 2. The molecule has 1 rings (SSSR count). The summed E-state index contributed by atoms with van der Waals surface area (Å²) in [6.45, 7) is 7.99. The average molecular weight is 232 g/mol. The number of hydrogen-bond donors (Lipinski definition) is 0. The summed E-state index contributed by atoms with van der Waals surface area (Å²) in [5.41, 5.74) is 1.17. The molecule has 13 heavy (non-hydrogen) atoms. The lowest BCUT2D eigenvalue weighted by molar-refractivity contribution is 0.955. The minimum absolute atomic E-state index is 0.936. The Morgan fingerprint density at radius 2 is 2.00 bits per heavy atom. The lowest BCUT2D eigenvalue weighted by Gasteiger charge is -1.92. The van der Waals surface area contributed by atoms with Gasteiger partial charge >= 0.3 is 0 Å². The molecule has 0 aliphatic carbocycles. The molecule has 1 aromatic heterocycles. The van der Waals surface area contributed by atoms with Gasteiger partial charge in [-0.25, -0.2) is 0 Å². The van der Waals surface area contributed by atoms with E-state index in [4.69, 9.17) is 0 Å². The second-order valence-corrected chi connectivity index (χ2v) is 6.22. The molecule has 0 aliphatic rings. The van der Waals surface area contributed by atoms with E-state index in [9.17, 15) is 0 Å². The second-order valence-electron chi connectivity index (χ2n) is 2.51. The fourth-order valence-corrected chi connectivity index (χ4v) is 3.38. The molecule has 0 unspecified atom stereocenters. The smallest absolute Gasteiger partial charge is 0.131 e. The van der Waals surface area contributed by atoms with Crippen LogP contribution in [0.15, 0.2) is 20.8 Å². The number of rotatable bonds is 5. The average Bonchev–Trinajstić information content (AvgIpc) is 2.50. The zero-order chi connectivity index (χ0) is 9.68. The number of hydrogen-bond acceptors (Lipinski definition) is 5. The van der Waals surface area contributed by atoms with Crippen molar-refractivity contribution >= 4 is 34.9 Å². The summed E-state index contributed by atoms with van der Waals surface area (Å²) in [5.74, 6) is 1.99. The Kier molecular flexibility index (Phi) is 4.83. The largest absolute Gasteiger partial charge is 0.175 e. The van der Waals surface area contributed by atoms with Gasteiger partial charge < -0.3 is 0 Å². The molecule has 5 heteroatoms. The van der Waals surface area contributed by atoms with E-state index in [1.165, 1.54) is 5.57 Å². The first-order valence-electron chi connectivity index (χ1n) is 3.96. The van der Waals surface area contributed by atoms with Crippen LogP contribution >= 0.6 is 34.9 Å². The molecule has 0 aliphatic heterocycles. The van der Waals surface area contributed by atoms with Crippen molar-refractivity contribution < 1.29 is 0 Å². The second kappa shape index (κ2) is 5.67. The fourth-order valence-electron chi connectivity index (χ4n) is 0.622. The molecule has 0 N–H and O–H groups in total. The quantitative estimate of drug-likeness (QED) is 0.574. The highest BCUT2D eigenvalue weighted by Gasteiger charge is 2.03. The van der Waals surface area contributed by atoms with Crippen molar-refractivity contribution in [1.29, 1.82) is 0 Å². The van der Waals surface area contributed by atoms with E-state index < -0.39 is 0 Å². The molecule has 1 aromatic rings. The van der Waals surface area contributed by atoms with Crippen LogP contribution in [0.2, 0.25) is 0 Å². The minimum atomic E-state index is 0.936. The summed E-state index contributed by atoms with van der Waals surface area (Å²) in [5, 5.41) is 8.14. The standard InChI is InChI=1S/C8H12N2S3/c1-4-11-7-9-10-8(13-7)12-5-6(2)3/h2,4-5H2,1,3H3. The van der Waals surface area contributed by atoms with Crippen LogP contribution in [0.4, 0.5) is 0 Å². The molecule has 0 spiro atoms. The van der Waals surface area contributed by atoms with Gasteiger partial charge in [-0.3, -0.25) is 0 Å². The predicted molar refractivity (Wildman–Crippen MR) is 61.8 cm³/mol. The Labute approximate surface area is 91.2 Å². The first-order chi connectivity index (χ1) is 6.22. The fraction of sp³-hybridized carbons (Fsp3) is 0.500. The van der Waals surface area contributed by atoms with Crippen molar-refractivity contribution in [3.05, 3.63) is 12.2 Å². The summed E-state index contributed by atoms with van der Waals surface area (Å²) < 4.78 is 2.10. The van der Waals surface area contributed by atoms with Gasteiger partial charge in [0.15, 0.2) is 8.68 Å². The maximum absolute atomic E-state index is 4.08. The molecule has 0 amide bonds. The first-order valence-corrected chi connectivity index (χ1v) is 6.74. The Hall–Kier alpha value is -0.0000000000000000833. The van der Waals surface area contributed by atoms with Crippen molar-refractivity contribution in [3.8, 4) is 0 Å². The van der Waals surface area contributed by atoms with Crippen LogP contribution in [0, 0.1) is 0 Å². The molecule has 0 bridgehead atoms. The Morgan fingerprint density at radius 3 is 2.54 bits per heavy atom. The van der Waals surface area contributed by atoms with Gasteiger partial charge in [0.1, 0.15) is 0 Å². The van der Waals surface area contributed by atoms with E-state index in [1.807, 2.05) is 6.92 Å². The van der Waals surface area contributed by atoms with Crippen molar-refractivity contribution in [1.82, 2.24) is 10.2 Å². The van der Waals surface area contributed by atoms with Crippen LogP contribution in [-0.2, 0) is 0 Å². The minimum Gasteiger partial charge on any atom is -0.131 e. The molecule has 0 aromatic carbocycles. The molecule has 0 fully saturated rings. The van der Waals surface area contributed by atoms with E-state index in [-0.39, 0.29) is 0 Å². The maximum atomic E-state index is 4.08.